The van der Waals surface area contributed by atoms with Crippen LogP contribution in [0.2, 0.25) is 5.82 Å². The highest BCUT2D eigenvalue weighted by atomic mass is 16.5. The van der Waals surface area contributed by atoms with E-state index in [0.29, 0.717) is 12.1 Å². The smallest absolute Gasteiger partial charge is 0.526 e. The van der Waals surface area contributed by atoms with Crippen LogP contribution < -0.4 is 9.97 Å². The Hall–Kier alpha value is -4.19. The monoisotopic (exact) mass is 521 g/mol. The van der Waals surface area contributed by atoms with E-state index in [4.69, 9.17) is 4.65 Å². The fourth-order valence-electron chi connectivity index (χ4n) is 4.72. The third-order valence-corrected chi connectivity index (χ3v) is 6.82. The molecule has 1 fully saturated rings. The summed E-state index contributed by atoms with van der Waals surface area (Å²) in [7, 11) is -1.43. The number of nitrogens with zero attached hydrogens (tertiary/aromatic N) is 2. The van der Waals surface area contributed by atoms with Crippen molar-refractivity contribution >= 4 is 36.7 Å². The van der Waals surface area contributed by atoms with Crippen molar-refractivity contribution in [3.05, 3.63) is 65.2 Å². The van der Waals surface area contributed by atoms with Crippen LogP contribution in [0.25, 0.3) is 0 Å². The van der Waals surface area contributed by atoms with Gasteiger partial charge in [0.15, 0.2) is 5.78 Å². The molecule has 0 aromatic heterocycles. The molecule has 3 N–H and O–H groups in total. The van der Waals surface area contributed by atoms with Gasteiger partial charge in [0.05, 0.1) is 11.6 Å². The van der Waals surface area contributed by atoms with E-state index in [1.165, 1.54) is 11.0 Å². The molecule has 1 unspecified atom stereocenters. The molecule has 2 aromatic rings. The summed E-state index contributed by atoms with van der Waals surface area (Å²) in [5.41, 5.74) is 1.23. The summed E-state index contributed by atoms with van der Waals surface area (Å²) < 4.78 is 5.50. The number of imide groups is 1. The number of carbonyl (C=O) groups excluding carboxylic acids is 4. The fraction of sp³-hybridized carbons (Fsp3) is 0.346. The minimum atomic E-state index is -1.43. The number of Topliss-reactive ketones (excluding diaryl/α,β-unsaturated/α-hetero) is 1. The van der Waals surface area contributed by atoms with E-state index < -0.39 is 48.6 Å². The van der Waals surface area contributed by atoms with Gasteiger partial charge in [-0.3, -0.25) is 19.3 Å². The van der Waals surface area contributed by atoms with Gasteiger partial charge < -0.3 is 25.0 Å². The lowest BCUT2D eigenvalue weighted by Crippen LogP contribution is -2.60. The van der Waals surface area contributed by atoms with E-state index in [-0.39, 0.29) is 43.7 Å². The van der Waals surface area contributed by atoms with Gasteiger partial charge in [-0.1, -0.05) is 42.5 Å². The minimum absolute atomic E-state index is 0.00830. The molecule has 0 radical (unpaired) electrons. The predicted molar refractivity (Wildman–Crippen MR) is 136 cm³/mol. The van der Waals surface area contributed by atoms with Gasteiger partial charge in [0.2, 0.25) is 0 Å². The molecule has 11 nitrogen and oxygen atoms in total. The van der Waals surface area contributed by atoms with Gasteiger partial charge in [-0.15, -0.1) is 0 Å². The molecule has 2 aliphatic heterocycles. The van der Waals surface area contributed by atoms with Crippen LogP contribution in [0.15, 0.2) is 48.5 Å². The number of piperazine rings is 1. The van der Waals surface area contributed by atoms with Gasteiger partial charge in [0.1, 0.15) is 5.75 Å². The first-order chi connectivity index (χ1) is 18.2. The first-order valence-electron chi connectivity index (χ1n) is 12.4. The molecule has 2 aromatic carbocycles. The maximum Gasteiger partial charge on any atom is 0.526 e. The van der Waals surface area contributed by atoms with Gasteiger partial charge in [0.25, 0.3) is 0 Å². The second-order valence-corrected chi connectivity index (χ2v) is 9.28. The van der Waals surface area contributed by atoms with E-state index in [9.17, 15) is 34.1 Å². The summed E-state index contributed by atoms with van der Waals surface area (Å²) in [6.45, 7) is 2.29. The second kappa shape index (κ2) is 11.5. The van der Waals surface area contributed by atoms with Crippen molar-refractivity contribution in [3.63, 3.8) is 0 Å². The Balaban J connectivity index is 1.51. The van der Waals surface area contributed by atoms with Crippen molar-refractivity contribution in [1.82, 2.24) is 15.1 Å². The van der Waals surface area contributed by atoms with Crippen molar-refractivity contribution in [1.29, 1.82) is 0 Å². The molecule has 0 spiro atoms. The number of likely N-dealkylation sites (N-methyl/N-ethyl adjacent to an activating group) is 1. The number of carboxylic acids is 1. The van der Waals surface area contributed by atoms with E-state index in [2.05, 4.69) is 5.32 Å². The van der Waals surface area contributed by atoms with Gasteiger partial charge in [0, 0.05) is 31.9 Å². The van der Waals surface area contributed by atoms with Crippen LogP contribution in [-0.4, -0.2) is 82.3 Å². The summed E-state index contributed by atoms with van der Waals surface area (Å²) in [6.07, 6.45) is 0.152. The van der Waals surface area contributed by atoms with Crippen LogP contribution in [0.4, 0.5) is 4.79 Å². The number of benzene rings is 2. The Morgan fingerprint density at radius 1 is 1.08 bits per heavy atom. The second-order valence-electron chi connectivity index (χ2n) is 9.28. The van der Waals surface area contributed by atoms with Crippen molar-refractivity contribution < 1.29 is 38.8 Å². The average molecular weight is 521 g/mol. The Bertz CT molecular complexity index is 1250. The van der Waals surface area contributed by atoms with Gasteiger partial charge in [-0.05, 0) is 37.0 Å². The van der Waals surface area contributed by atoms with E-state index >= 15 is 0 Å². The number of urea groups is 1. The molecule has 2 heterocycles. The number of aromatic carboxylic acids is 1. The molecule has 38 heavy (non-hydrogen) atoms. The van der Waals surface area contributed by atoms with Crippen LogP contribution in [0.3, 0.4) is 0 Å². The maximum absolute atomic E-state index is 13.5. The van der Waals surface area contributed by atoms with E-state index in [1.54, 1.807) is 43.3 Å². The Morgan fingerprint density at radius 3 is 2.50 bits per heavy atom. The average Bonchev–Trinajstić information content (AvgIpc) is 2.90. The number of fused-ring (bicyclic) bond motifs is 1. The number of nitrogens with one attached hydrogen (secondary N) is 1. The van der Waals surface area contributed by atoms with Crippen molar-refractivity contribution in [2.24, 2.45) is 0 Å². The Kier molecular flexibility index (Phi) is 8.11. The highest BCUT2D eigenvalue weighted by molar-refractivity contribution is 6.47. The Labute approximate surface area is 219 Å². The molecule has 1 saturated heterocycles. The molecular formula is C26H28BN3O8. The lowest BCUT2D eigenvalue weighted by molar-refractivity contribution is -0.153. The number of para-hydroxylation sites is 1. The lowest BCUT2D eigenvalue weighted by atomic mass is 9.64. The highest BCUT2D eigenvalue weighted by Crippen LogP contribution is 2.36. The maximum atomic E-state index is 13.5. The predicted octanol–water partition coefficient (Wildman–Crippen LogP) is 1.14. The molecule has 0 aliphatic carbocycles. The largest absolute Gasteiger partial charge is 0.535 e. The molecule has 4 rings (SSSR count). The van der Waals surface area contributed by atoms with E-state index in [1.807, 2.05) is 6.07 Å². The van der Waals surface area contributed by atoms with Crippen molar-refractivity contribution in [2.75, 3.05) is 19.6 Å². The normalized spacial score (nSPS) is 17.9. The third kappa shape index (κ3) is 5.70. The molecule has 0 saturated carbocycles. The first-order valence-corrected chi connectivity index (χ1v) is 12.4. The van der Waals surface area contributed by atoms with Gasteiger partial charge >= 0.3 is 30.9 Å². The van der Waals surface area contributed by atoms with Crippen molar-refractivity contribution in [3.8, 4) is 5.75 Å². The summed E-state index contributed by atoms with van der Waals surface area (Å²) in [5, 5.41) is 22.6. The van der Waals surface area contributed by atoms with Crippen molar-refractivity contribution in [2.45, 2.75) is 38.0 Å². The molecule has 2 atom stereocenters. The summed E-state index contributed by atoms with van der Waals surface area (Å²) in [6, 6.07) is 11.7. The standard InChI is InChI=1S/C26H28BN3O8/c1-2-29-11-12-30(24(33)23(29)32)26(36)28-20(13-16-7-4-3-5-8-16)21(31)15-18-14-17-9-6-10-19(25(34)35)22(17)38-27(18)37/h3-10,18,20,37H,2,11-15H2,1H3,(H,28,36)(H,34,35)/t18-,20?/m1/s1. The van der Waals surface area contributed by atoms with Crippen LogP contribution >= 0.6 is 0 Å². The zero-order valence-corrected chi connectivity index (χ0v) is 20.8. The first kappa shape index (κ1) is 26.9. The van der Waals surface area contributed by atoms with Crippen LogP contribution in [0.5, 0.6) is 5.75 Å². The molecule has 12 heteroatoms. The summed E-state index contributed by atoms with van der Waals surface area (Å²) >= 11 is 0. The number of carboxylic acid groups (broad SMARTS) is 1. The minimum Gasteiger partial charge on any atom is -0.535 e. The van der Waals surface area contributed by atoms with Gasteiger partial charge in [-0.25, -0.2) is 9.59 Å². The molecular weight excluding hydrogens is 493 g/mol. The van der Waals surface area contributed by atoms with Crippen LogP contribution in [-0.2, 0) is 27.2 Å². The summed E-state index contributed by atoms with van der Waals surface area (Å²) in [4.78, 5) is 64.9. The number of amides is 4. The quantitative estimate of drug-likeness (QED) is 0.345. The Morgan fingerprint density at radius 2 is 1.82 bits per heavy atom. The molecule has 198 valence electrons. The zero-order chi connectivity index (χ0) is 27.4. The van der Waals surface area contributed by atoms with E-state index in [0.717, 1.165) is 10.5 Å². The number of hydrogen-bond donors (Lipinski definition) is 3. The molecule has 0 bridgehead atoms. The van der Waals surface area contributed by atoms with Crippen LogP contribution in [0.1, 0.15) is 34.8 Å². The molecule has 4 amide bonds. The lowest BCUT2D eigenvalue weighted by Gasteiger charge is -2.33. The fourth-order valence-corrected chi connectivity index (χ4v) is 4.72. The van der Waals surface area contributed by atoms with Crippen LogP contribution in [0, 0.1) is 0 Å². The SMILES string of the molecule is CCN1CCN(C(=O)NC(Cc2ccccc2)C(=O)C[C@H]2Cc3cccc(C(=O)O)c3OB2O)C(=O)C1=O. The number of ketones is 1. The number of rotatable bonds is 8. The number of hydrogen-bond acceptors (Lipinski definition) is 7. The number of carbonyl (C=O) groups is 5. The third-order valence-electron chi connectivity index (χ3n) is 6.82. The zero-order valence-electron chi connectivity index (χ0n) is 20.8. The topological polar surface area (TPSA) is 154 Å². The summed E-state index contributed by atoms with van der Waals surface area (Å²) in [5.74, 6) is -3.95. The van der Waals surface area contributed by atoms with Gasteiger partial charge in [-0.2, -0.15) is 0 Å². The molecule has 2 aliphatic rings. The highest BCUT2D eigenvalue weighted by Gasteiger charge is 2.40.